The molecule has 1 aliphatic heterocycles. The molecule has 4 rings (SSSR count). The Bertz CT molecular complexity index is 937. The van der Waals surface area contributed by atoms with E-state index in [-0.39, 0.29) is 0 Å². The van der Waals surface area contributed by atoms with Crippen molar-refractivity contribution in [3.8, 4) is 5.75 Å². The largest absolute Gasteiger partial charge is 0.493 e. The Labute approximate surface area is 169 Å². The molecule has 1 aromatic carbocycles. The van der Waals surface area contributed by atoms with Gasteiger partial charge < -0.3 is 9.64 Å². The lowest BCUT2D eigenvalue weighted by atomic mass is 10.0. The number of halogens is 1. The standard InChI is InChI=1S/C21H24ClN5O/c1-14-10-21(24-15(2)23-14)27-8-6-16(13-27)20-12-18(25-26-20)7-9-28-19-5-3-4-17(22)11-19/h3-5,10-12,16H,6-9,13H2,1-2H3,(H,25,26)/t16-/m1/s1. The second-order valence-electron chi connectivity index (χ2n) is 7.22. The molecule has 1 fully saturated rings. The van der Waals surface area contributed by atoms with Gasteiger partial charge in [-0.3, -0.25) is 5.10 Å². The van der Waals surface area contributed by atoms with Crippen LogP contribution in [-0.4, -0.2) is 39.9 Å². The number of nitrogens with zero attached hydrogens (tertiary/aromatic N) is 4. The Hall–Kier alpha value is -2.60. The smallest absolute Gasteiger partial charge is 0.132 e. The van der Waals surface area contributed by atoms with Crippen molar-refractivity contribution in [1.29, 1.82) is 0 Å². The Kier molecular flexibility index (Phi) is 5.48. The third-order valence-corrected chi connectivity index (χ3v) is 5.21. The summed E-state index contributed by atoms with van der Waals surface area (Å²) in [5, 5.41) is 8.37. The van der Waals surface area contributed by atoms with E-state index in [0.29, 0.717) is 17.5 Å². The Balaban J connectivity index is 1.33. The fourth-order valence-electron chi connectivity index (χ4n) is 3.62. The van der Waals surface area contributed by atoms with Gasteiger partial charge in [0.1, 0.15) is 17.4 Å². The summed E-state index contributed by atoms with van der Waals surface area (Å²) in [7, 11) is 0. The van der Waals surface area contributed by atoms with Crippen LogP contribution in [0.5, 0.6) is 5.75 Å². The first-order valence-corrected chi connectivity index (χ1v) is 9.94. The van der Waals surface area contributed by atoms with Crippen molar-refractivity contribution in [3.63, 3.8) is 0 Å². The fraction of sp³-hybridized carbons (Fsp3) is 0.381. The lowest BCUT2D eigenvalue weighted by molar-refractivity contribution is 0.320. The van der Waals surface area contributed by atoms with E-state index < -0.39 is 0 Å². The topological polar surface area (TPSA) is 66.9 Å². The van der Waals surface area contributed by atoms with Gasteiger partial charge in [0, 0.05) is 47.9 Å². The zero-order valence-corrected chi connectivity index (χ0v) is 16.9. The summed E-state index contributed by atoms with van der Waals surface area (Å²) in [5.41, 5.74) is 3.21. The fourth-order valence-corrected chi connectivity index (χ4v) is 3.80. The number of ether oxygens (including phenoxy) is 1. The summed E-state index contributed by atoms with van der Waals surface area (Å²) >= 11 is 5.98. The van der Waals surface area contributed by atoms with Crippen molar-refractivity contribution >= 4 is 17.4 Å². The number of hydrogen-bond donors (Lipinski definition) is 1. The van der Waals surface area contributed by atoms with Crippen LogP contribution in [0, 0.1) is 13.8 Å². The molecule has 0 bridgehead atoms. The molecule has 0 amide bonds. The van der Waals surface area contributed by atoms with Gasteiger partial charge in [-0.1, -0.05) is 17.7 Å². The average molecular weight is 398 g/mol. The van der Waals surface area contributed by atoms with E-state index >= 15 is 0 Å². The normalized spacial score (nSPS) is 16.5. The summed E-state index contributed by atoms with van der Waals surface area (Å²) in [5.74, 6) is 3.03. The molecular formula is C21H24ClN5O. The van der Waals surface area contributed by atoms with Gasteiger partial charge in [0.2, 0.25) is 0 Å². The summed E-state index contributed by atoms with van der Waals surface area (Å²) < 4.78 is 5.77. The van der Waals surface area contributed by atoms with Crippen LogP contribution in [0.25, 0.3) is 0 Å². The van der Waals surface area contributed by atoms with Crippen molar-refractivity contribution in [2.24, 2.45) is 0 Å². The maximum absolute atomic E-state index is 5.98. The van der Waals surface area contributed by atoms with Gasteiger partial charge >= 0.3 is 0 Å². The maximum Gasteiger partial charge on any atom is 0.132 e. The van der Waals surface area contributed by atoms with Crippen LogP contribution in [0.4, 0.5) is 5.82 Å². The van der Waals surface area contributed by atoms with E-state index in [1.165, 1.54) is 0 Å². The molecule has 0 saturated carbocycles. The van der Waals surface area contributed by atoms with E-state index in [9.17, 15) is 0 Å². The highest BCUT2D eigenvalue weighted by Gasteiger charge is 2.27. The van der Waals surface area contributed by atoms with Crippen molar-refractivity contribution in [2.45, 2.75) is 32.6 Å². The zero-order valence-electron chi connectivity index (χ0n) is 16.2. The first kappa shape index (κ1) is 18.7. The van der Waals surface area contributed by atoms with Crippen molar-refractivity contribution < 1.29 is 4.74 Å². The summed E-state index contributed by atoms with van der Waals surface area (Å²) in [6.07, 6.45) is 1.85. The summed E-state index contributed by atoms with van der Waals surface area (Å²) in [6.45, 7) is 6.45. The molecule has 3 aromatic rings. The second kappa shape index (κ2) is 8.19. The van der Waals surface area contributed by atoms with Crippen LogP contribution in [0.3, 0.4) is 0 Å². The van der Waals surface area contributed by atoms with Gasteiger partial charge in [-0.15, -0.1) is 0 Å². The van der Waals surface area contributed by atoms with Gasteiger partial charge in [-0.2, -0.15) is 5.10 Å². The molecule has 3 heterocycles. The molecule has 2 aromatic heterocycles. The molecule has 0 unspecified atom stereocenters. The SMILES string of the molecule is Cc1cc(N2CC[C@@H](c3cc(CCOc4cccc(Cl)c4)[nH]n3)C2)nc(C)n1. The Morgan fingerprint density at radius 3 is 2.93 bits per heavy atom. The quantitative estimate of drug-likeness (QED) is 0.678. The average Bonchev–Trinajstić information content (AvgIpc) is 3.30. The van der Waals surface area contributed by atoms with Gasteiger partial charge in [0.05, 0.1) is 12.3 Å². The molecule has 6 nitrogen and oxygen atoms in total. The summed E-state index contributed by atoms with van der Waals surface area (Å²) in [4.78, 5) is 11.3. The molecule has 0 aliphatic carbocycles. The lowest BCUT2D eigenvalue weighted by Gasteiger charge is -2.17. The van der Waals surface area contributed by atoms with Crippen LogP contribution < -0.4 is 9.64 Å². The highest BCUT2D eigenvalue weighted by atomic mass is 35.5. The molecule has 1 aliphatic rings. The van der Waals surface area contributed by atoms with Gasteiger partial charge in [0.25, 0.3) is 0 Å². The minimum absolute atomic E-state index is 0.412. The molecular weight excluding hydrogens is 374 g/mol. The van der Waals surface area contributed by atoms with Crippen molar-refractivity contribution in [3.05, 3.63) is 64.3 Å². The lowest BCUT2D eigenvalue weighted by Crippen LogP contribution is -2.21. The number of nitrogens with one attached hydrogen (secondary N) is 1. The van der Waals surface area contributed by atoms with E-state index in [1.54, 1.807) is 0 Å². The predicted molar refractivity (Wildman–Crippen MR) is 110 cm³/mol. The van der Waals surface area contributed by atoms with Crippen LogP contribution in [-0.2, 0) is 6.42 Å². The number of aromatic amines is 1. The van der Waals surface area contributed by atoms with Crippen LogP contribution >= 0.6 is 11.6 Å². The van der Waals surface area contributed by atoms with E-state index in [2.05, 4.69) is 37.2 Å². The maximum atomic E-state index is 5.98. The number of hydrogen-bond acceptors (Lipinski definition) is 5. The van der Waals surface area contributed by atoms with E-state index in [0.717, 1.165) is 60.4 Å². The third-order valence-electron chi connectivity index (χ3n) is 4.97. The second-order valence-corrected chi connectivity index (χ2v) is 7.66. The third kappa shape index (κ3) is 4.44. The minimum Gasteiger partial charge on any atom is -0.493 e. The van der Waals surface area contributed by atoms with Crippen molar-refractivity contribution in [1.82, 2.24) is 20.2 Å². The van der Waals surface area contributed by atoms with Crippen LogP contribution in [0.1, 0.15) is 35.2 Å². The van der Waals surface area contributed by atoms with Gasteiger partial charge in [0.15, 0.2) is 0 Å². The Morgan fingerprint density at radius 2 is 2.11 bits per heavy atom. The highest BCUT2D eigenvalue weighted by molar-refractivity contribution is 6.30. The number of H-pyrrole nitrogens is 1. The number of anilines is 1. The van der Waals surface area contributed by atoms with Gasteiger partial charge in [-0.25, -0.2) is 9.97 Å². The zero-order chi connectivity index (χ0) is 19.5. The number of aryl methyl sites for hydroxylation is 2. The molecule has 1 saturated heterocycles. The molecule has 0 spiro atoms. The number of aromatic nitrogens is 4. The molecule has 146 valence electrons. The molecule has 1 atom stereocenters. The van der Waals surface area contributed by atoms with Crippen LogP contribution in [0.15, 0.2) is 36.4 Å². The predicted octanol–water partition coefficient (Wildman–Crippen LogP) is 4.09. The van der Waals surface area contributed by atoms with Crippen molar-refractivity contribution in [2.75, 3.05) is 24.6 Å². The first-order valence-electron chi connectivity index (χ1n) is 9.56. The minimum atomic E-state index is 0.412. The highest BCUT2D eigenvalue weighted by Crippen LogP contribution is 2.29. The molecule has 7 heteroatoms. The van der Waals surface area contributed by atoms with E-state index in [1.807, 2.05) is 38.1 Å². The molecule has 28 heavy (non-hydrogen) atoms. The van der Waals surface area contributed by atoms with Gasteiger partial charge in [-0.05, 0) is 44.5 Å². The van der Waals surface area contributed by atoms with E-state index in [4.69, 9.17) is 16.3 Å². The first-order chi connectivity index (χ1) is 13.6. The molecule has 0 radical (unpaired) electrons. The number of benzene rings is 1. The summed E-state index contributed by atoms with van der Waals surface area (Å²) in [6, 6.07) is 11.7. The molecule has 1 N–H and O–H groups in total. The Morgan fingerprint density at radius 1 is 1.21 bits per heavy atom. The number of rotatable bonds is 6. The van der Waals surface area contributed by atoms with Crippen LogP contribution in [0.2, 0.25) is 5.02 Å². The monoisotopic (exact) mass is 397 g/mol.